The van der Waals surface area contributed by atoms with Gasteiger partial charge in [-0.15, -0.1) is 12.3 Å². The normalized spacial score (nSPS) is 19.3. The number of ether oxygens (including phenoxy) is 1. The Morgan fingerprint density at radius 3 is 2.75 bits per heavy atom. The lowest BCUT2D eigenvalue weighted by Crippen LogP contribution is -2.52. The van der Waals surface area contributed by atoms with E-state index in [0.29, 0.717) is 31.6 Å². The Balaban J connectivity index is 2.64. The lowest BCUT2D eigenvalue weighted by atomic mass is 10.1. The molecule has 0 bridgehead atoms. The van der Waals surface area contributed by atoms with Crippen LogP contribution in [0.2, 0.25) is 0 Å². The number of terminal acetylenes is 1. The molecule has 1 saturated heterocycles. The molecule has 0 aromatic heterocycles. The van der Waals surface area contributed by atoms with Gasteiger partial charge in [0.2, 0.25) is 5.91 Å². The van der Waals surface area contributed by atoms with Crippen LogP contribution < -0.4 is 0 Å². The number of nitrogens with zero attached hydrogens (tertiary/aromatic N) is 1. The predicted octanol–water partition coefficient (Wildman–Crippen LogP) is 2.08. The molecule has 0 saturated carbocycles. The fraction of sp³-hybridized carbons (Fsp3) is 0.733. The molecule has 1 amide bonds. The molecule has 1 aliphatic rings. The van der Waals surface area contributed by atoms with Gasteiger partial charge < -0.3 is 9.64 Å². The van der Waals surface area contributed by atoms with E-state index in [2.05, 4.69) is 5.92 Å². The van der Waals surface area contributed by atoms with E-state index in [9.17, 15) is 9.59 Å². The summed E-state index contributed by atoms with van der Waals surface area (Å²) in [5, 5.41) is 0. The van der Waals surface area contributed by atoms with E-state index < -0.39 is 11.6 Å². The van der Waals surface area contributed by atoms with Crippen LogP contribution in [0, 0.1) is 12.3 Å². The molecule has 20 heavy (non-hydrogen) atoms. The van der Waals surface area contributed by atoms with Crippen molar-refractivity contribution in [1.82, 2.24) is 4.90 Å². The number of hydrogen-bond donors (Lipinski definition) is 0. The molecule has 0 N–H and O–H groups in total. The van der Waals surface area contributed by atoms with E-state index in [-0.39, 0.29) is 11.9 Å². The van der Waals surface area contributed by atoms with Gasteiger partial charge in [-0.1, -0.05) is 0 Å². The molecule has 112 valence electrons. The van der Waals surface area contributed by atoms with Crippen molar-refractivity contribution in [2.75, 3.05) is 18.1 Å². The molecule has 1 aliphatic heterocycles. The molecule has 4 nitrogen and oxygen atoms in total. The van der Waals surface area contributed by atoms with E-state index >= 15 is 0 Å². The van der Waals surface area contributed by atoms with Crippen LogP contribution in [0.3, 0.4) is 0 Å². The molecule has 0 spiro atoms. The first-order valence-electron chi connectivity index (χ1n) is 6.88. The fourth-order valence-electron chi connectivity index (χ4n) is 1.95. The van der Waals surface area contributed by atoms with E-state index in [1.165, 1.54) is 0 Å². The summed E-state index contributed by atoms with van der Waals surface area (Å²) < 4.78 is 5.40. The first-order chi connectivity index (χ1) is 9.35. The van der Waals surface area contributed by atoms with Gasteiger partial charge in [-0.25, -0.2) is 4.79 Å². The topological polar surface area (TPSA) is 46.6 Å². The van der Waals surface area contributed by atoms with Gasteiger partial charge in [0.1, 0.15) is 11.6 Å². The fourth-order valence-corrected chi connectivity index (χ4v) is 2.98. The molecule has 0 aromatic rings. The van der Waals surface area contributed by atoms with Crippen molar-refractivity contribution in [2.24, 2.45) is 0 Å². The molecule has 5 heteroatoms. The second kappa shape index (κ2) is 7.58. The third-order valence-corrected chi connectivity index (χ3v) is 3.86. The Morgan fingerprint density at radius 1 is 1.45 bits per heavy atom. The van der Waals surface area contributed by atoms with Crippen LogP contribution in [0.25, 0.3) is 0 Å². The molecule has 1 fully saturated rings. The Kier molecular flexibility index (Phi) is 6.41. The lowest BCUT2D eigenvalue weighted by Gasteiger charge is -2.35. The van der Waals surface area contributed by atoms with Crippen LogP contribution in [-0.4, -0.2) is 46.5 Å². The van der Waals surface area contributed by atoms with Crippen LogP contribution in [-0.2, 0) is 14.3 Å². The highest BCUT2D eigenvalue weighted by atomic mass is 32.2. The maximum absolute atomic E-state index is 12.2. The standard InChI is InChI=1S/C15H23NO3S/c1-5-6-7-8-13(17)16-9-10-20-11-12(16)14(18)19-15(2,3)4/h1,12H,6-11H2,2-4H3/t12-/m1/s1. The van der Waals surface area contributed by atoms with Crippen LogP contribution in [0.5, 0.6) is 0 Å². The highest BCUT2D eigenvalue weighted by Crippen LogP contribution is 2.21. The van der Waals surface area contributed by atoms with Crippen molar-refractivity contribution in [2.45, 2.75) is 51.7 Å². The van der Waals surface area contributed by atoms with Gasteiger partial charge in [0.15, 0.2) is 0 Å². The Hall–Kier alpha value is -1.15. The Bertz CT molecular complexity index is 395. The van der Waals surface area contributed by atoms with Crippen LogP contribution in [0.1, 0.15) is 40.0 Å². The summed E-state index contributed by atoms with van der Waals surface area (Å²) in [6.45, 7) is 6.10. The first-order valence-corrected chi connectivity index (χ1v) is 8.04. The van der Waals surface area contributed by atoms with Crippen molar-refractivity contribution in [3.63, 3.8) is 0 Å². The average molecular weight is 297 g/mol. The number of esters is 1. The zero-order chi connectivity index (χ0) is 15.2. The summed E-state index contributed by atoms with van der Waals surface area (Å²) in [6, 6.07) is -0.466. The maximum Gasteiger partial charge on any atom is 0.330 e. The van der Waals surface area contributed by atoms with Gasteiger partial charge in [0.25, 0.3) is 0 Å². The summed E-state index contributed by atoms with van der Waals surface area (Å²) in [5.74, 6) is 3.68. The van der Waals surface area contributed by atoms with Gasteiger partial charge in [-0.05, 0) is 27.2 Å². The van der Waals surface area contributed by atoms with Crippen molar-refractivity contribution >= 4 is 23.6 Å². The minimum atomic E-state index is -0.530. The number of carbonyl (C=O) groups excluding carboxylic acids is 2. The summed E-state index contributed by atoms with van der Waals surface area (Å²) in [6.07, 6.45) is 6.84. The summed E-state index contributed by atoms with van der Waals surface area (Å²) in [7, 11) is 0. The van der Waals surface area contributed by atoms with Gasteiger partial charge in [0, 0.05) is 30.9 Å². The molecule has 1 atom stereocenters. The number of amides is 1. The van der Waals surface area contributed by atoms with E-state index in [4.69, 9.17) is 11.2 Å². The average Bonchev–Trinajstić information content (AvgIpc) is 2.37. The predicted molar refractivity (Wildman–Crippen MR) is 81.4 cm³/mol. The molecule has 0 unspecified atom stereocenters. The zero-order valence-electron chi connectivity index (χ0n) is 12.5. The van der Waals surface area contributed by atoms with Crippen molar-refractivity contribution in [1.29, 1.82) is 0 Å². The number of hydrogen-bond acceptors (Lipinski definition) is 4. The highest BCUT2D eigenvalue weighted by molar-refractivity contribution is 7.99. The molecule has 0 aromatic carbocycles. The first kappa shape index (κ1) is 16.9. The lowest BCUT2D eigenvalue weighted by molar-refractivity contribution is -0.163. The van der Waals surface area contributed by atoms with Gasteiger partial charge >= 0.3 is 5.97 Å². The molecule has 1 heterocycles. The number of thioether (sulfide) groups is 1. The van der Waals surface area contributed by atoms with Crippen LogP contribution in [0.15, 0.2) is 0 Å². The third-order valence-electron chi connectivity index (χ3n) is 2.84. The second-order valence-electron chi connectivity index (χ2n) is 5.77. The molecule has 0 radical (unpaired) electrons. The monoisotopic (exact) mass is 297 g/mol. The van der Waals surface area contributed by atoms with Crippen LogP contribution >= 0.6 is 11.8 Å². The SMILES string of the molecule is C#CCCCC(=O)N1CCSC[C@@H]1C(=O)OC(C)(C)C. The quantitative estimate of drug-likeness (QED) is 0.453. The van der Waals surface area contributed by atoms with Crippen molar-refractivity contribution < 1.29 is 14.3 Å². The second-order valence-corrected chi connectivity index (χ2v) is 6.92. The van der Waals surface area contributed by atoms with Gasteiger partial charge in [-0.3, -0.25) is 4.79 Å². The largest absolute Gasteiger partial charge is 0.458 e. The molecular weight excluding hydrogens is 274 g/mol. The number of rotatable bonds is 4. The van der Waals surface area contributed by atoms with Crippen LogP contribution in [0.4, 0.5) is 0 Å². The number of carbonyl (C=O) groups is 2. The summed E-state index contributed by atoms with van der Waals surface area (Å²) in [4.78, 5) is 26.0. The molecule has 1 rings (SSSR count). The third kappa shape index (κ3) is 5.46. The Labute approximate surface area is 125 Å². The maximum atomic E-state index is 12.2. The summed E-state index contributed by atoms with van der Waals surface area (Å²) >= 11 is 1.68. The number of unbranched alkanes of at least 4 members (excludes halogenated alkanes) is 1. The smallest absolute Gasteiger partial charge is 0.330 e. The minimum Gasteiger partial charge on any atom is -0.458 e. The summed E-state index contributed by atoms with van der Waals surface area (Å²) in [5.41, 5.74) is -0.530. The van der Waals surface area contributed by atoms with Gasteiger partial charge in [-0.2, -0.15) is 11.8 Å². The Morgan fingerprint density at radius 2 is 2.15 bits per heavy atom. The highest BCUT2D eigenvalue weighted by Gasteiger charge is 2.35. The minimum absolute atomic E-state index is 0.00332. The molecule has 0 aliphatic carbocycles. The van der Waals surface area contributed by atoms with E-state index in [0.717, 1.165) is 5.75 Å². The van der Waals surface area contributed by atoms with Gasteiger partial charge in [0.05, 0.1) is 0 Å². The van der Waals surface area contributed by atoms with Crippen molar-refractivity contribution in [3.05, 3.63) is 0 Å². The van der Waals surface area contributed by atoms with Crippen molar-refractivity contribution in [3.8, 4) is 12.3 Å². The zero-order valence-corrected chi connectivity index (χ0v) is 13.3. The van der Waals surface area contributed by atoms with E-state index in [1.807, 2.05) is 20.8 Å². The molecular formula is C15H23NO3S. The van der Waals surface area contributed by atoms with E-state index in [1.54, 1.807) is 16.7 Å².